The maximum Gasteiger partial charge on any atom is 0.237 e. The summed E-state index contributed by atoms with van der Waals surface area (Å²) in [4.78, 5) is 12.4. The van der Waals surface area contributed by atoms with Crippen molar-refractivity contribution >= 4 is 5.91 Å². The molecule has 3 N–H and O–H groups in total. The molecule has 0 aromatic carbocycles. The van der Waals surface area contributed by atoms with Gasteiger partial charge in [0.2, 0.25) is 5.91 Å². The fraction of sp³-hybridized carbons (Fsp3) is 0.938. The minimum atomic E-state index is -0.402. The Hall–Kier alpha value is -0.570. The highest BCUT2D eigenvalue weighted by Gasteiger charge is 2.52. The van der Waals surface area contributed by atoms with Gasteiger partial charge in [0.05, 0.1) is 6.04 Å². The van der Waals surface area contributed by atoms with Crippen LogP contribution in [0.25, 0.3) is 0 Å². The first-order valence-electron chi connectivity index (χ1n) is 7.85. The van der Waals surface area contributed by atoms with E-state index in [9.17, 15) is 4.79 Å². The zero-order valence-electron chi connectivity index (χ0n) is 12.5. The monoisotopic (exact) mass is 264 g/mol. The molecule has 0 heterocycles. The van der Waals surface area contributed by atoms with E-state index >= 15 is 0 Å². The molecule has 3 nitrogen and oxygen atoms in total. The van der Waals surface area contributed by atoms with Gasteiger partial charge in [0.25, 0.3) is 0 Å². The third-order valence-corrected chi connectivity index (χ3v) is 5.64. The molecule has 19 heavy (non-hydrogen) atoms. The van der Waals surface area contributed by atoms with Crippen molar-refractivity contribution in [3.63, 3.8) is 0 Å². The molecule has 1 amide bonds. The van der Waals surface area contributed by atoms with E-state index in [0.29, 0.717) is 0 Å². The normalized spacial score (nSPS) is 42.2. The van der Waals surface area contributed by atoms with Crippen LogP contribution in [0.3, 0.4) is 0 Å². The highest BCUT2D eigenvalue weighted by Crippen LogP contribution is 2.55. The molecule has 4 rings (SSSR count). The summed E-state index contributed by atoms with van der Waals surface area (Å²) in [6.45, 7) is 6.12. The number of nitrogens with one attached hydrogen (secondary N) is 1. The standard InChI is InChI=1S/C16H28N2O/c1-15(2,3)13(17)14(19)18-16-7-10-4-11(8-16)6-12(5-10)9-16/h10-13H,4-9,17H2,1-3H3,(H,18,19)/t10?,11?,12?,13-,16?/m0/s1. The van der Waals surface area contributed by atoms with Crippen molar-refractivity contribution in [2.24, 2.45) is 28.9 Å². The van der Waals surface area contributed by atoms with Gasteiger partial charge < -0.3 is 11.1 Å². The number of carbonyl (C=O) groups excluding carboxylic acids is 1. The smallest absolute Gasteiger partial charge is 0.237 e. The van der Waals surface area contributed by atoms with E-state index in [-0.39, 0.29) is 16.9 Å². The summed E-state index contributed by atoms with van der Waals surface area (Å²) in [5.41, 5.74) is 6.04. The van der Waals surface area contributed by atoms with E-state index in [0.717, 1.165) is 17.8 Å². The Kier molecular flexibility index (Phi) is 2.97. The maximum absolute atomic E-state index is 12.4. The summed E-state index contributed by atoms with van der Waals surface area (Å²) in [5.74, 6) is 2.64. The van der Waals surface area contributed by atoms with Crippen LogP contribution in [0.1, 0.15) is 59.3 Å². The summed E-state index contributed by atoms with van der Waals surface area (Å²) in [6.07, 6.45) is 7.80. The SMILES string of the molecule is CC(C)(C)[C@@H](N)C(=O)NC12CC3CC(CC(C3)C1)C2. The Balaban J connectivity index is 1.71. The lowest BCUT2D eigenvalue weighted by molar-refractivity contribution is -0.130. The molecule has 4 aliphatic carbocycles. The first-order chi connectivity index (χ1) is 8.77. The average molecular weight is 264 g/mol. The molecule has 3 heteroatoms. The number of hydrogen-bond donors (Lipinski definition) is 2. The molecule has 4 saturated carbocycles. The molecule has 0 saturated heterocycles. The van der Waals surface area contributed by atoms with Crippen LogP contribution in [-0.2, 0) is 4.79 Å². The van der Waals surface area contributed by atoms with E-state index in [1.165, 1.54) is 38.5 Å². The largest absolute Gasteiger partial charge is 0.349 e. The number of hydrogen-bond acceptors (Lipinski definition) is 2. The number of amides is 1. The van der Waals surface area contributed by atoms with E-state index in [1.54, 1.807) is 0 Å². The molecule has 0 unspecified atom stereocenters. The lowest BCUT2D eigenvalue weighted by Gasteiger charge is -2.57. The van der Waals surface area contributed by atoms with Gasteiger partial charge in [-0.15, -0.1) is 0 Å². The van der Waals surface area contributed by atoms with Crippen molar-refractivity contribution in [3.8, 4) is 0 Å². The van der Waals surface area contributed by atoms with E-state index in [1.807, 2.05) is 20.8 Å². The molecule has 0 spiro atoms. The second-order valence-electron chi connectivity index (χ2n) is 8.53. The van der Waals surface area contributed by atoms with E-state index in [2.05, 4.69) is 5.32 Å². The second kappa shape index (κ2) is 4.21. The first kappa shape index (κ1) is 13.4. The lowest BCUT2D eigenvalue weighted by Crippen LogP contribution is -2.63. The fourth-order valence-corrected chi connectivity index (χ4v) is 5.00. The minimum Gasteiger partial charge on any atom is -0.349 e. The molecule has 0 aromatic heterocycles. The molecule has 4 bridgehead atoms. The van der Waals surface area contributed by atoms with Crippen LogP contribution in [-0.4, -0.2) is 17.5 Å². The number of nitrogens with two attached hydrogens (primary N) is 1. The van der Waals surface area contributed by atoms with Gasteiger partial charge in [-0.3, -0.25) is 4.79 Å². The predicted octanol–water partition coefficient (Wildman–Crippen LogP) is 2.44. The van der Waals surface area contributed by atoms with Gasteiger partial charge in [0.1, 0.15) is 0 Å². The highest BCUT2D eigenvalue weighted by atomic mass is 16.2. The van der Waals surface area contributed by atoms with Gasteiger partial charge in [-0.25, -0.2) is 0 Å². The van der Waals surface area contributed by atoms with Gasteiger partial charge >= 0.3 is 0 Å². The van der Waals surface area contributed by atoms with Crippen molar-refractivity contribution in [3.05, 3.63) is 0 Å². The van der Waals surface area contributed by atoms with Gasteiger partial charge in [-0.05, 0) is 61.7 Å². The molecule has 4 fully saturated rings. The zero-order chi connectivity index (χ0) is 13.8. The maximum atomic E-state index is 12.4. The third kappa shape index (κ3) is 2.42. The zero-order valence-corrected chi connectivity index (χ0v) is 12.5. The van der Waals surface area contributed by atoms with Crippen molar-refractivity contribution in [1.82, 2.24) is 5.32 Å². The summed E-state index contributed by atoms with van der Waals surface area (Å²) >= 11 is 0. The Morgan fingerprint density at radius 1 is 1.11 bits per heavy atom. The van der Waals surface area contributed by atoms with E-state index in [4.69, 9.17) is 5.73 Å². The predicted molar refractivity (Wildman–Crippen MR) is 76.5 cm³/mol. The van der Waals surface area contributed by atoms with Gasteiger partial charge in [-0.1, -0.05) is 20.8 Å². The van der Waals surface area contributed by atoms with Crippen LogP contribution in [0.2, 0.25) is 0 Å². The van der Waals surface area contributed by atoms with Crippen molar-refractivity contribution in [2.75, 3.05) is 0 Å². The van der Waals surface area contributed by atoms with Crippen LogP contribution < -0.4 is 11.1 Å². The topological polar surface area (TPSA) is 55.1 Å². The van der Waals surface area contributed by atoms with Crippen LogP contribution in [0.5, 0.6) is 0 Å². The lowest BCUT2D eigenvalue weighted by atomic mass is 9.53. The Bertz CT molecular complexity index is 347. The molecule has 4 aliphatic rings. The number of carbonyl (C=O) groups is 1. The number of rotatable bonds is 2. The van der Waals surface area contributed by atoms with Gasteiger partial charge in [0, 0.05) is 5.54 Å². The Morgan fingerprint density at radius 3 is 1.89 bits per heavy atom. The quantitative estimate of drug-likeness (QED) is 0.805. The molecule has 0 radical (unpaired) electrons. The summed E-state index contributed by atoms with van der Waals surface area (Å²) < 4.78 is 0. The molecule has 108 valence electrons. The van der Waals surface area contributed by atoms with E-state index < -0.39 is 6.04 Å². The molecular formula is C16H28N2O. The average Bonchev–Trinajstić information content (AvgIpc) is 2.23. The molecule has 1 atom stereocenters. The fourth-order valence-electron chi connectivity index (χ4n) is 5.00. The Labute approximate surface area is 116 Å². The van der Waals surface area contributed by atoms with Gasteiger partial charge in [0.15, 0.2) is 0 Å². The van der Waals surface area contributed by atoms with Crippen molar-refractivity contribution < 1.29 is 4.79 Å². The van der Waals surface area contributed by atoms with Gasteiger partial charge in [-0.2, -0.15) is 0 Å². The van der Waals surface area contributed by atoms with Crippen LogP contribution in [0.4, 0.5) is 0 Å². The summed E-state index contributed by atoms with van der Waals surface area (Å²) in [6, 6.07) is -0.402. The van der Waals surface area contributed by atoms with Crippen LogP contribution in [0.15, 0.2) is 0 Å². The van der Waals surface area contributed by atoms with Crippen molar-refractivity contribution in [1.29, 1.82) is 0 Å². The first-order valence-corrected chi connectivity index (χ1v) is 7.85. The summed E-state index contributed by atoms with van der Waals surface area (Å²) in [5, 5.41) is 3.37. The third-order valence-electron chi connectivity index (χ3n) is 5.64. The molecular weight excluding hydrogens is 236 g/mol. The van der Waals surface area contributed by atoms with Crippen LogP contribution in [0, 0.1) is 23.2 Å². The second-order valence-corrected chi connectivity index (χ2v) is 8.53. The highest BCUT2D eigenvalue weighted by molar-refractivity contribution is 5.83. The Morgan fingerprint density at radius 2 is 1.53 bits per heavy atom. The molecule has 0 aromatic rings. The summed E-state index contributed by atoms with van der Waals surface area (Å²) in [7, 11) is 0. The van der Waals surface area contributed by atoms with Crippen molar-refractivity contribution in [2.45, 2.75) is 70.9 Å². The van der Waals surface area contributed by atoms with Crippen LogP contribution >= 0.6 is 0 Å². The molecule has 0 aliphatic heterocycles. The minimum absolute atomic E-state index is 0.0643.